The molecule has 1 aromatic carbocycles. The monoisotopic (exact) mass is 348 g/mol. The fraction of sp³-hybridized carbons (Fsp3) is 0.364. The van der Waals surface area contributed by atoms with Crippen molar-refractivity contribution in [2.24, 2.45) is 0 Å². The molecule has 0 aliphatic carbocycles. The van der Waals surface area contributed by atoms with Gasteiger partial charge in [0.15, 0.2) is 5.76 Å². The Bertz CT molecular complexity index is 944. The summed E-state index contributed by atoms with van der Waals surface area (Å²) < 4.78 is 5.75. The number of aromatic nitrogens is 1. The SMILES string of the molecule is CC[C@H]1CCCCN1C(=O)c1cc(-c2ccc(C)o2)nc2ccccc12. The van der Waals surface area contributed by atoms with Crippen molar-refractivity contribution in [2.45, 2.75) is 45.6 Å². The minimum absolute atomic E-state index is 0.111. The number of furan rings is 1. The highest BCUT2D eigenvalue weighted by molar-refractivity contribution is 6.07. The predicted molar refractivity (Wildman–Crippen MR) is 103 cm³/mol. The highest BCUT2D eigenvalue weighted by Gasteiger charge is 2.28. The molecule has 4 heteroatoms. The molecule has 0 spiro atoms. The van der Waals surface area contributed by atoms with Crippen LogP contribution in [0.2, 0.25) is 0 Å². The van der Waals surface area contributed by atoms with Gasteiger partial charge < -0.3 is 9.32 Å². The van der Waals surface area contributed by atoms with Crippen molar-refractivity contribution in [2.75, 3.05) is 6.54 Å². The summed E-state index contributed by atoms with van der Waals surface area (Å²) >= 11 is 0. The van der Waals surface area contributed by atoms with Gasteiger partial charge in [-0.2, -0.15) is 0 Å². The van der Waals surface area contributed by atoms with E-state index < -0.39 is 0 Å². The highest BCUT2D eigenvalue weighted by Crippen LogP contribution is 2.29. The zero-order chi connectivity index (χ0) is 18.1. The third-order valence-corrected chi connectivity index (χ3v) is 5.30. The number of amides is 1. The molecule has 4 nitrogen and oxygen atoms in total. The first-order valence-corrected chi connectivity index (χ1v) is 9.45. The minimum atomic E-state index is 0.111. The van der Waals surface area contributed by atoms with Crippen molar-refractivity contribution in [3.63, 3.8) is 0 Å². The third-order valence-electron chi connectivity index (χ3n) is 5.30. The number of aryl methyl sites for hydroxylation is 1. The van der Waals surface area contributed by atoms with E-state index in [1.807, 2.05) is 49.4 Å². The first kappa shape index (κ1) is 16.8. The molecule has 134 valence electrons. The molecular weight excluding hydrogens is 324 g/mol. The van der Waals surface area contributed by atoms with E-state index in [1.54, 1.807) is 0 Å². The lowest BCUT2D eigenvalue weighted by Gasteiger charge is -2.35. The van der Waals surface area contributed by atoms with Crippen LogP contribution in [0.4, 0.5) is 0 Å². The van der Waals surface area contributed by atoms with Gasteiger partial charge in [-0.05, 0) is 56.9 Å². The van der Waals surface area contributed by atoms with Crippen LogP contribution in [-0.4, -0.2) is 28.4 Å². The Morgan fingerprint density at radius 3 is 2.85 bits per heavy atom. The van der Waals surface area contributed by atoms with Gasteiger partial charge in [0.2, 0.25) is 0 Å². The van der Waals surface area contributed by atoms with Gasteiger partial charge in [0.05, 0.1) is 11.1 Å². The van der Waals surface area contributed by atoms with E-state index in [2.05, 4.69) is 11.8 Å². The van der Waals surface area contributed by atoms with Crippen LogP contribution in [0.25, 0.3) is 22.4 Å². The van der Waals surface area contributed by atoms with E-state index in [-0.39, 0.29) is 5.91 Å². The number of benzene rings is 1. The van der Waals surface area contributed by atoms with E-state index in [4.69, 9.17) is 9.40 Å². The van der Waals surface area contributed by atoms with Gasteiger partial charge in [0, 0.05) is 18.0 Å². The van der Waals surface area contributed by atoms with Crippen molar-refractivity contribution in [3.8, 4) is 11.5 Å². The number of nitrogens with zero attached hydrogens (tertiary/aromatic N) is 2. The Morgan fingerprint density at radius 2 is 2.08 bits per heavy atom. The summed E-state index contributed by atoms with van der Waals surface area (Å²) in [5, 5.41) is 0.907. The van der Waals surface area contributed by atoms with Gasteiger partial charge in [-0.15, -0.1) is 0 Å². The second kappa shape index (κ2) is 6.94. The molecule has 1 saturated heterocycles. The lowest BCUT2D eigenvalue weighted by molar-refractivity contribution is 0.0610. The number of likely N-dealkylation sites (tertiary alicyclic amines) is 1. The number of hydrogen-bond acceptors (Lipinski definition) is 3. The Labute approximate surface area is 153 Å². The van der Waals surface area contributed by atoms with E-state index in [0.717, 1.165) is 48.0 Å². The quantitative estimate of drug-likeness (QED) is 0.653. The molecule has 3 aromatic rings. The molecule has 0 radical (unpaired) electrons. The summed E-state index contributed by atoms with van der Waals surface area (Å²) in [4.78, 5) is 20.2. The molecule has 1 amide bonds. The van der Waals surface area contributed by atoms with Crippen LogP contribution >= 0.6 is 0 Å². The maximum atomic E-state index is 13.4. The lowest BCUT2D eigenvalue weighted by Crippen LogP contribution is -2.43. The summed E-state index contributed by atoms with van der Waals surface area (Å²) in [7, 11) is 0. The molecular formula is C22H24N2O2. The largest absolute Gasteiger partial charge is 0.460 e. The predicted octanol–water partition coefficient (Wildman–Crippen LogP) is 5.21. The first-order chi connectivity index (χ1) is 12.7. The Hall–Kier alpha value is -2.62. The van der Waals surface area contributed by atoms with Crippen molar-refractivity contribution >= 4 is 16.8 Å². The molecule has 0 unspecified atom stereocenters. The summed E-state index contributed by atoms with van der Waals surface area (Å²) in [5.41, 5.74) is 2.26. The van der Waals surface area contributed by atoms with Gasteiger partial charge in [-0.1, -0.05) is 25.1 Å². The molecule has 3 heterocycles. The molecule has 0 N–H and O–H groups in total. The Morgan fingerprint density at radius 1 is 1.23 bits per heavy atom. The summed E-state index contributed by atoms with van der Waals surface area (Å²) in [6, 6.07) is 13.9. The molecule has 26 heavy (non-hydrogen) atoms. The fourth-order valence-electron chi connectivity index (χ4n) is 3.90. The lowest BCUT2D eigenvalue weighted by atomic mass is 9.97. The van der Waals surface area contributed by atoms with Crippen LogP contribution in [0.1, 0.15) is 48.7 Å². The molecule has 4 rings (SSSR count). The molecule has 2 aromatic heterocycles. The van der Waals surface area contributed by atoms with Crippen molar-refractivity contribution in [1.29, 1.82) is 0 Å². The smallest absolute Gasteiger partial charge is 0.254 e. The van der Waals surface area contributed by atoms with Crippen LogP contribution in [0.3, 0.4) is 0 Å². The summed E-state index contributed by atoms with van der Waals surface area (Å²) in [6.45, 7) is 4.91. The maximum absolute atomic E-state index is 13.4. The summed E-state index contributed by atoms with van der Waals surface area (Å²) in [6.07, 6.45) is 4.38. The molecule has 1 aliphatic heterocycles. The van der Waals surface area contributed by atoms with E-state index in [0.29, 0.717) is 17.5 Å². The van der Waals surface area contributed by atoms with Crippen LogP contribution < -0.4 is 0 Å². The number of carbonyl (C=O) groups excluding carboxylic acids is 1. The van der Waals surface area contributed by atoms with E-state index in [1.165, 1.54) is 6.42 Å². The molecule has 1 fully saturated rings. The van der Waals surface area contributed by atoms with Gasteiger partial charge in [-0.3, -0.25) is 4.79 Å². The number of fused-ring (bicyclic) bond motifs is 1. The van der Waals surface area contributed by atoms with Gasteiger partial charge in [0.1, 0.15) is 11.5 Å². The second-order valence-corrected chi connectivity index (χ2v) is 7.04. The van der Waals surface area contributed by atoms with Crippen molar-refractivity contribution in [3.05, 3.63) is 53.8 Å². The van der Waals surface area contributed by atoms with Crippen molar-refractivity contribution < 1.29 is 9.21 Å². The zero-order valence-corrected chi connectivity index (χ0v) is 15.4. The Kier molecular flexibility index (Phi) is 4.49. The molecule has 1 atom stereocenters. The topological polar surface area (TPSA) is 46.3 Å². The Balaban J connectivity index is 1.83. The highest BCUT2D eigenvalue weighted by atomic mass is 16.3. The fourth-order valence-corrected chi connectivity index (χ4v) is 3.90. The minimum Gasteiger partial charge on any atom is -0.460 e. The van der Waals surface area contributed by atoms with Crippen LogP contribution in [0.5, 0.6) is 0 Å². The number of hydrogen-bond donors (Lipinski definition) is 0. The van der Waals surface area contributed by atoms with Crippen LogP contribution in [0, 0.1) is 6.92 Å². The van der Waals surface area contributed by atoms with Crippen molar-refractivity contribution in [1.82, 2.24) is 9.88 Å². The maximum Gasteiger partial charge on any atom is 0.254 e. The van der Waals surface area contributed by atoms with Crippen LogP contribution in [-0.2, 0) is 0 Å². The zero-order valence-electron chi connectivity index (χ0n) is 15.4. The van der Waals surface area contributed by atoms with E-state index >= 15 is 0 Å². The van der Waals surface area contributed by atoms with Gasteiger partial charge in [-0.25, -0.2) is 4.98 Å². The normalized spacial score (nSPS) is 17.6. The number of para-hydroxylation sites is 1. The van der Waals surface area contributed by atoms with Crippen LogP contribution in [0.15, 0.2) is 46.9 Å². The number of piperidine rings is 1. The number of pyridine rings is 1. The first-order valence-electron chi connectivity index (χ1n) is 9.45. The summed E-state index contributed by atoms with van der Waals surface area (Å²) in [5.74, 6) is 1.65. The number of rotatable bonds is 3. The number of carbonyl (C=O) groups is 1. The van der Waals surface area contributed by atoms with Gasteiger partial charge >= 0.3 is 0 Å². The van der Waals surface area contributed by atoms with Gasteiger partial charge in [0.25, 0.3) is 5.91 Å². The standard InChI is InChI=1S/C22H24N2O2/c1-3-16-8-6-7-13-24(16)22(25)18-14-20(21-12-11-15(2)26-21)23-19-10-5-4-9-17(18)19/h4-5,9-12,14,16H,3,6-8,13H2,1-2H3/t16-/m0/s1. The third kappa shape index (κ3) is 3.00. The molecule has 0 bridgehead atoms. The average Bonchev–Trinajstić information content (AvgIpc) is 3.13. The molecule has 1 aliphatic rings. The molecule has 0 saturated carbocycles. The second-order valence-electron chi connectivity index (χ2n) is 7.04. The average molecular weight is 348 g/mol. The van der Waals surface area contributed by atoms with E-state index in [9.17, 15) is 4.79 Å².